The Hall–Kier alpha value is -0.487. The fourth-order valence-corrected chi connectivity index (χ4v) is 0.679. The Morgan fingerprint density at radius 2 is 2.25 bits per heavy atom. The molecule has 0 aromatic heterocycles. The van der Waals surface area contributed by atoms with Gasteiger partial charge in [-0.3, -0.25) is 0 Å². The van der Waals surface area contributed by atoms with E-state index in [4.69, 9.17) is 4.74 Å². The summed E-state index contributed by atoms with van der Waals surface area (Å²) in [7, 11) is 0. The van der Waals surface area contributed by atoms with Crippen LogP contribution in [0.3, 0.4) is 0 Å². The average molecular weight is 250 g/mol. The first-order valence-electron chi connectivity index (χ1n) is 3.78. The van der Waals surface area contributed by atoms with Gasteiger partial charge in [0, 0.05) is 5.75 Å². The van der Waals surface area contributed by atoms with E-state index in [1.54, 1.807) is 0 Å². The van der Waals surface area contributed by atoms with E-state index in [1.165, 1.54) is 0 Å². The van der Waals surface area contributed by atoms with Crippen LogP contribution >= 0.6 is 0 Å². The molecule has 0 aliphatic rings. The molecule has 0 spiro atoms. The van der Waals surface area contributed by atoms with Gasteiger partial charge in [0.2, 0.25) is 0 Å². The van der Waals surface area contributed by atoms with E-state index in [1.807, 2.05) is 24.3 Å². The van der Waals surface area contributed by atoms with Gasteiger partial charge in [-0.25, -0.2) is 0 Å². The predicted molar refractivity (Wildman–Crippen MR) is 48.2 cm³/mol. The van der Waals surface area contributed by atoms with E-state index in [9.17, 15) is 0 Å². The average Bonchev–Trinajstić information content (AvgIpc) is 2.19. The molecule has 1 nitrogen and oxygen atoms in total. The Morgan fingerprint density at radius 3 is 2.75 bits per heavy atom. The second kappa shape index (κ2) is 8.61. The van der Waals surface area contributed by atoms with Gasteiger partial charge in [0.1, 0.15) is 0 Å². The maximum absolute atomic E-state index is 5.30. The van der Waals surface area contributed by atoms with E-state index in [0.29, 0.717) is 0 Å². The third kappa shape index (κ3) is 5.20. The summed E-state index contributed by atoms with van der Waals surface area (Å²) in [5.74, 6) is 0.837. The first-order chi connectivity index (χ1) is 5.93. The zero-order chi connectivity index (χ0) is 9.23. The van der Waals surface area contributed by atoms with Crippen molar-refractivity contribution in [3.8, 4) is 5.75 Å². The second-order valence-electron chi connectivity index (χ2n) is 2.08. The molecular weight excluding hydrogens is 237 g/mol. The van der Waals surface area contributed by atoms with Gasteiger partial charge in [0.25, 0.3) is 0 Å². The van der Waals surface area contributed by atoms with Crippen LogP contribution in [-0.4, -0.2) is 11.7 Å². The van der Waals surface area contributed by atoms with Crippen molar-refractivity contribution < 1.29 is 22.6 Å². The molecule has 0 radical (unpaired) electrons. The molecule has 0 fully saturated rings. The second-order valence-corrected chi connectivity index (χ2v) is 2.08. The Morgan fingerprint density at radius 1 is 1.50 bits per heavy atom. The Kier molecular flexibility index (Phi) is 8.26. The molecule has 67 valence electrons. The normalized spacial score (nSPS) is 8.08. The quantitative estimate of drug-likeness (QED) is 0.590. The van der Waals surface area contributed by atoms with E-state index >= 15 is 0 Å². The third-order valence-electron chi connectivity index (χ3n) is 1.14. The third-order valence-corrected chi connectivity index (χ3v) is 1.14. The Labute approximate surface area is 84.0 Å². The van der Waals surface area contributed by atoms with Crippen LogP contribution in [0, 0.1) is 6.07 Å². The fourth-order valence-electron chi connectivity index (χ4n) is 0.679. The summed E-state index contributed by atoms with van der Waals surface area (Å²) in [6.07, 6.45) is 1.04. The summed E-state index contributed by atoms with van der Waals surface area (Å²) in [4.78, 5) is 0. The fraction of sp³-hybridized carbons (Fsp3) is 0.300. The monoisotopic (exact) mass is 251 g/mol. The van der Waals surface area contributed by atoms with Crippen LogP contribution in [0.1, 0.15) is 13.3 Å². The van der Waals surface area contributed by atoms with Crippen molar-refractivity contribution in [3.63, 3.8) is 0 Å². The molecule has 1 aromatic carbocycles. The van der Waals surface area contributed by atoms with Gasteiger partial charge in [0.05, 0.1) is 6.61 Å². The molecule has 12 heavy (non-hydrogen) atoms. The Balaban J connectivity index is 0.000000561. The molecule has 0 N–H and O–H groups in total. The molecule has 0 saturated carbocycles. The molecule has 1 aromatic rings. The first-order valence-corrected chi connectivity index (χ1v) is 5.01. The summed E-state index contributed by atoms with van der Waals surface area (Å²) in [5, 5.41) is 3.18. The zero-order valence-corrected chi connectivity index (χ0v) is 8.93. The summed E-state index contributed by atoms with van der Waals surface area (Å²) >= 11 is 2.10. The van der Waals surface area contributed by atoms with Crippen LogP contribution in [0.15, 0.2) is 24.3 Å². The summed E-state index contributed by atoms with van der Waals surface area (Å²) < 4.78 is 5.30. The molecule has 0 aliphatic heterocycles. The first kappa shape index (κ1) is 11.5. The number of benzene rings is 1. The van der Waals surface area contributed by atoms with Crippen LogP contribution < -0.4 is 4.74 Å². The van der Waals surface area contributed by atoms with Crippen LogP contribution in [0.2, 0.25) is 0 Å². The topological polar surface area (TPSA) is 9.23 Å². The van der Waals surface area contributed by atoms with Crippen LogP contribution in [0.25, 0.3) is 0 Å². The molecule has 0 bridgehead atoms. The molecule has 0 unspecified atom stereocenters. The number of para-hydroxylation sites is 1. The molecule has 0 saturated heterocycles. The minimum atomic E-state index is 0.778. The van der Waals surface area contributed by atoms with Crippen LogP contribution in [-0.2, 0) is 17.9 Å². The van der Waals surface area contributed by atoms with Gasteiger partial charge in [0.15, 0.2) is 0 Å². The van der Waals surface area contributed by atoms with E-state index in [-0.39, 0.29) is 0 Å². The molecule has 0 heterocycles. The summed E-state index contributed by atoms with van der Waals surface area (Å²) in [5.41, 5.74) is 0. The van der Waals surface area contributed by atoms with Crippen molar-refractivity contribution in [2.75, 3.05) is 6.61 Å². The molecule has 0 aliphatic carbocycles. The van der Waals surface area contributed by atoms with Crippen LogP contribution in [0.5, 0.6) is 5.75 Å². The van der Waals surface area contributed by atoms with Crippen molar-refractivity contribution in [3.05, 3.63) is 30.3 Å². The van der Waals surface area contributed by atoms with Gasteiger partial charge in [-0.1, -0.05) is 6.92 Å². The van der Waals surface area contributed by atoms with E-state index < -0.39 is 0 Å². The predicted octanol–water partition coefficient (Wildman–Crippen LogP) is 2.24. The van der Waals surface area contributed by atoms with Crippen molar-refractivity contribution in [1.82, 2.24) is 0 Å². The van der Waals surface area contributed by atoms with Crippen molar-refractivity contribution >= 4 is 5.11 Å². The zero-order valence-electron chi connectivity index (χ0n) is 7.19. The van der Waals surface area contributed by atoms with Gasteiger partial charge in [-0.2, -0.15) is 18.2 Å². The van der Waals surface area contributed by atoms with Gasteiger partial charge in [-0.05, 0) is 6.42 Å². The number of rotatable bonds is 3. The van der Waals surface area contributed by atoms with Gasteiger partial charge < -0.3 is 4.74 Å². The molecule has 0 amide bonds. The van der Waals surface area contributed by atoms with Gasteiger partial charge in [-0.15, -0.1) is 12.1 Å². The van der Waals surface area contributed by atoms with Crippen molar-refractivity contribution in [2.45, 2.75) is 13.3 Å². The van der Waals surface area contributed by atoms with Crippen LogP contribution in [0.4, 0.5) is 0 Å². The molecule has 1 rings (SSSR count). The molecular formula is C10H13ORu. The Bertz CT molecular complexity index is 186. The van der Waals surface area contributed by atoms with E-state index in [0.717, 1.165) is 18.8 Å². The minimum absolute atomic E-state index is 0.778. The van der Waals surface area contributed by atoms with Crippen molar-refractivity contribution in [2.24, 2.45) is 0 Å². The van der Waals surface area contributed by atoms with E-state index in [2.05, 4.69) is 36.0 Å². The number of hydrogen-bond donors (Lipinski definition) is 0. The SMILES string of the molecule is CCCOc1[c-]cccc1.[CH2]=[Ru+]. The number of hydrogen-bond acceptors (Lipinski definition) is 1. The van der Waals surface area contributed by atoms with Gasteiger partial charge >= 0.3 is 23.0 Å². The number of ether oxygens (including phenoxy) is 1. The van der Waals surface area contributed by atoms with Crippen molar-refractivity contribution in [1.29, 1.82) is 0 Å². The molecule has 0 atom stereocenters. The standard InChI is InChI=1S/C9H11O.CH2.Ru/c1-2-8-10-9-6-4-3-5-7-9;;/h3-6H,2,8H2,1H3;1H2;/q-1;;+1. The maximum atomic E-state index is 5.30. The molecule has 2 heteroatoms. The summed E-state index contributed by atoms with van der Waals surface area (Å²) in [6, 6.07) is 10.6. The summed E-state index contributed by atoms with van der Waals surface area (Å²) in [6.45, 7) is 2.86.